The average molecular weight is 438 g/mol. The predicted molar refractivity (Wildman–Crippen MR) is 125 cm³/mol. The van der Waals surface area contributed by atoms with Gasteiger partial charge >= 0.3 is 0 Å². The van der Waals surface area contributed by atoms with Crippen LogP contribution in [0.25, 0.3) is 5.76 Å². The molecule has 1 aliphatic heterocycles. The van der Waals surface area contributed by atoms with Crippen molar-refractivity contribution in [2.24, 2.45) is 10.2 Å². The highest BCUT2D eigenvalue weighted by molar-refractivity contribution is 6.22. The van der Waals surface area contributed by atoms with E-state index in [1.165, 1.54) is 0 Å². The van der Waals surface area contributed by atoms with Crippen LogP contribution in [0, 0.1) is 0 Å². The summed E-state index contributed by atoms with van der Waals surface area (Å²) in [5.74, 6) is 0.640. The Labute approximate surface area is 191 Å². The number of azo groups is 1. The van der Waals surface area contributed by atoms with Crippen LogP contribution in [0.5, 0.6) is 11.5 Å². The minimum atomic E-state index is -0.400. The molecule has 1 N–H and O–H groups in total. The number of aliphatic hydroxyl groups excluding tert-OH is 1. The van der Waals surface area contributed by atoms with Crippen LogP contribution in [0.4, 0.5) is 0 Å². The molecular formula is C27H22N2O4. The standard InChI is InChI=1S/C27H22N2O4/c1-32-22-14-8-13-19(27(22)33-2)24-20(16-9-4-3-5-10-16)15-21(28-29-24)23-25(30)17-11-6-7-12-18(17)26(23)31/h3-15,20,24,30H,1-2H3/t20-,24-/m1/s1. The number of fused-ring (bicyclic) bond motifs is 1. The second-order valence-corrected chi connectivity index (χ2v) is 7.83. The molecule has 6 heteroatoms. The zero-order valence-electron chi connectivity index (χ0n) is 18.2. The Morgan fingerprint density at radius 3 is 2.27 bits per heavy atom. The maximum atomic E-state index is 13.1. The van der Waals surface area contributed by atoms with E-state index in [-0.39, 0.29) is 23.0 Å². The quantitative estimate of drug-likeness (QED) is 0.526. The summed E-state index contributed by atoms with van der Waals surface area (Å²) >= 11 is 0. The number of benzene rings is 3. The van der Waals surface area contributed by atoms with Gasteiger partial charge in [-0.15, -0.1) is 0 Å². The molecular weight excluding hydrogens is 416 g/mol. The van der Waals surface area contributed by atoms with Crippen LogP contribution in [-0.4, -0.2) is 25.1 Å². The van der Waals surface area contributed by atoms with E-state index in [1.54, 1.807) is 38.5 Å². The number of carbonyl (C=O) groups excluding carboxylic acids is 1. The van der Waals surface area contributed by atoms with Gasteiger partial charge in [0.2, 0.25) is 0 Å². The number of Topliss-reactive ketones (excluding diaryl/α,β-unsaturated/α-hetero) is 1. The van der Waals surface area contributed by atoms with Crippen LogP contribution >= 0.6 is 0 Å². The number of carbonyl (C=O) groups is 1. The number of methoxy groups -OCH3 is 2. The Kier molecular flexibility index (Phi) is 5.26. The van der Waals surface area contributed by atoms with Gasteiger partial charge in [0.05, 0.1) is 25.5 Å². The van der Waals surface area contributed by atoms with Gasteiger partial charge in [0.1, 0.15) is 11.8 Å². The third-order valence-corrected chi connectivity index (χ3v) is 6.05. The second kappa shape index (κ2) is 8.39. The van der Waals surface area contributed by atoms with E-state index in [4.69, 9.17) is 9.47 Å². The molecule has 1 heterocycles. The van der Waals surface area contributed by atoms with Crippen molar-refractivity contribution in [1.29, 1.82) is 0 Å². The number of ether oxygens (including phenoxy) is 2. The first-order valence-corrected chi connectivity index (χ1v) is 10.6. The number of aliphatic hydroxyl groups is 1. The number of para-hydroxylation sites is 1. The zero-order chi connectivity index (χ0) is 22.9. The molecule has 0 amide bonds. The minimum Gasteiger partial charge on any atom is -0.506 e. The molecule has 5 rings (SSSR count). The molecule has 164 valence electrons. The van der Waals surface area contributed by atoms with E-state index in [2.05, 4.69) is 10.2 Å². The Hall–Kier alpha value is -4.19. The average Bonchev–Trinajstić information content (AvgIpc) is 3.13. The van der Waals surface area contributed by atoms with Crippen molar-refractivity contribution in [3.63, 3.8) is 0 Å². The molecule has 2 atom stereocenters. The van der Waals surface area contributed by atoms with Crippen molar-refractivity contribution < 1.29 is 19.4 Å². The molecule has 3 aromatic rings. The number of nitrogens with zero attached hydrogens (tertiary/aromatic N) is 2. The maximum absolute atomic E-state index is 13.1. The van der Waals surface area contributed by atoms with Crippen molar-refractivity contribution in [1.82, 2.24) is 0 Å². The molecule has 0 aromatic heterocycles. The van der Waals surface area contributed by atoms with Crippen LogP contribution in [-0.2, 0) is 0 Å². The first kappa shape index (κ1) is 20.7. The molecule has 3 aromatic carbocycles. The molecule has 2 aliphatic rings. The van der Waals surface area contributed by atoms with Crippen LogP contribution in [0.1, 0.15) is 39.0 Å². The number of ketones is 1. The van der Waals surface area contributed by atoms with Crippen molar-refractivity contribution in [3.05, 3.63) is 112 Å². The number of allylic oxidation sites excluding steroid dienone is 1. The fourth-order valence-corrected chi connectivity index (χ4v) is 4.48. The van der Waals surface area contributed by atoms with E-state index in [1.807, 2.05) is 54.6 Å². The molecule has 6 nitrogen and oxygen atoms in total. The Balaban J connectivity index is 1.63. The lowest BCUT2D eigenvalue weighted by atomic mass is 9.84. The van der Waals surface area contributed by atoms with Gasteiger partial charge < -0.3 is 14.6 Å². The monoisotopic (exact) mass is 438 g/mol. The minimum absolute atomic E-state index is 0.0648. The van der Waals surface area contributed by atoms with Gasteiger partial charge in [-0.05, 0) is 17.7 Å². The van der Waals surface area contributed by atoms with Gasteiger partial charge in [0.25, 0.3) is 0 Å². The summed E-state index contributed by atoms with van der Waals surface area (Å²) in [7, 11) is 3.19. The molecule has 33 heavy (non-hydrogen) atoms. The normalized spacial score (nSPS) is 19.3. The van der Waals surface area contributed by atoms with E-state index in [0.717, 1.165) is 11.1 Å². The molecule has 0 saturated heterocycles. The lowest BCUT2D eigenvalue weighted by Gasteiger charge is -2.27. The highest BCUT2D eigenvalue weighted by Crippen LogP contribution is 2.47. The van der Waals surface area contributed by atoms with Gasteiger partial charge in [-0.25, -0.2) is 0 Å². The van der Waals surface area contributed by atoms with Gasteiger partial charge in [-0.1, -0.05) is 66.7 Å². The lowest BCUT2D eigenvalue weighted by molar-refractivity contribution is 0.103. The van der Waals surface area contributed by atoms with Crippen molar-refractivity contribution in [3.8, 4) is 11.5 Å². The van der Waals surface area contributed by atoms with Crippen LogP contribution in [0.3, 0.4) is 0 Å². The fraction of sp³-hybridized carbons (Fsp3) is 0.148. The predicted octanol–water partition coefficient (Wildman–Crippen LogP) is 6.04. The largest absolute Gasteiger partial charge is 0.506 e. The lowest BCUT2D eigenvalue weighted by Crippen LogP contribution is -2.14. The van der Waals surface area contributed by atoms with E-state index in [9.17, 15) is 9.90 Å². The van der Waals surface area contributed by atoms with Crippen LogP contribution in [0.2, 0.25) is 0 Å². The summed E-state index contributed by atoms with van der Waals surface area (Å²) in [5.41, 5.74) is 3.35. The summed E-state index contributed by atoms with van der Waals surface area (Å²) in [6.45, 7) is 0. The Morgan fingerprint density at radius 2 is 1.58 bits per heavy atom. The van der Waals surface area contributed by atoms with Gasteiger partial charge in [0, 0.05) is 22.6 Å². The van der Waals surface area contributed by atoms with Crippen LogP contribution < -0.4 is 9.47 Å². The topological polar surface area (TPSA) is 80.5 Å². The van der Waals surface area contributed by atoms with Crippen LogP contribution in [0.15, 0.2) is 100 Å². The highest BCUT2D eigenvalue weighted by Gasteiger charge is 2.36. The summed E-state index contributed by atoms with van der Waals surface area (Å²) < 4.78 is 11.1. The molecule has 0 bridgehead atoms. The summed E-state index contributed by atoms with van der Waals surface area (Å²) in [6.07, 6.45) is 1.90. The van der Waals surface area contributed by atoms with Crippen molar-refractivity contribution in [2.45, 2.75) is 12.0 Å². The van der Waals surface area contributed by atoms with E-state index < -0.39 is 6.04 Å². The first-order chi connectivity index (χ1) is 16.1. The smallest absolute Gasteiger partial charge is 0.199 e. The molecule has 0 unspecified atom stereocenters. The summed E-state index contributed by atoms with van der Waals surface area (Å²) in [5, 5.41) is 19.9. The maximum Gasteiger partial charge on any atom is 0.199 e. The van der Waals surface area contributed by atoms with Crippen molar-refractivity contribution in [2.75, 3.05) is 14.2 Å². The Morgan fingerprint density at radius 1 is 0.848 bits per heavy atom. The third kappa shape index (κ3) is 3.40. The van der Waals surface area contributed by atoms with E-state index >= 15 is 0 Å². The van der Waals surface area contributed by atoms with E-state index in [0.29, 0.717) is 28.3 Å². The van der Waals surface area contributed by atoms with Gasteiger partial charge in [-0.3, -0.25) is 4.79 Å². The first-order valence-electron chi connectivity index (χ1n) is 10.6. The number of hydrogen-bond acceptors (Lipinski definition) is 6. The number of rotatable bonds is 5. The second-order valence-electron chi connectivity index (χ2n) is 7.83. The third-order valence-electron chi connectivity index (χ3n) is 6.05. The molecule has 0 saturated carbocycles. The SMILES string of the molecule is COc1cccc([C@H]2N=NC(C3=C(O)c4ccccc4C3=O)=C[C@@H]2c2ccccc2)c1OC. The Bertz CT molecular complexity index is 1320. The molecule has 0 fully saturated rings. The zero-order valence-corrected chi connectivity index (χ0v) is 18.2. The number of hydrogen-bond donors (Lipinski definition) is 1. The van der Waals surface area contributed by atoms with Crippen molar-refractivity contribution >= 4 is 11.5 Å². The van der Waals surface area contributed by atoms with Gasteiger partial charge in [0.15, 0.2) is 17.3 Å². The molecule has 0 spiro atoms. The van der Waals surface area contributed by atoms with Gasteiger partial charge in [-0.2, -0.15) is 10.2 Å². The molecule has 0 radical (unpaired) electrons. The summed E-state index contributed by atoms with van der Waals surface area (Å²) in [4.78, 5) is 13.1. The summed E-state index contributed by atoms with van der Waals surface area (Å²) in [6, 6.07) is 22.2. The highest BCUT2D eigenvalue weighted by atomic mass is 16.5. The fourth-order valence-electron chi connectivity index (χ4n) is 4.48. The molecule has 1 aliphatic carbocycles.